The first kappa shape index (κ1) is 12.5. The number of halogens is 2. The summed E-state index contributed by atoms with van der Waals surface area (Å²) in [5.74, 6) is 1.95. The fourth-order valence-electron chi connectivity index (χ4n) is 2.22. The topological polar surface area (TPSA) is 15.3 Å². The first-order chi connectivity index (χ1) is 4.86. The van der Waals surface area contributed by atoms with Gasteiger partial charge in [0.15, 0.2) is 0 Å². The van der Waals surface area contributed by atoms with Gasteiger partial charge in [-0.2, -0.15) is 0 Å². The van der Waals surface area contributed by atoms with E-state index >= 15 is 0 Å². The predicted octanol–water partition coefficient (Wildman–Crippen LogP) is 1.00. The van der Waals surface area contributed by atoms with Crippen LogP contribution in [0.25, 0.3) is 0 Å². The Kier molecular flexibility index (Phi) is 5.50. The molecule has 0 unspecified atom stereocenters. The van der Waals surface area contributed by atoms with Crippen LogP contribution >= 0.6 is 24.8 Å². The maximum Gasteiger partial charge on any atom is 0.00219 e. The lowest BCUT2D eigenvalue weighted by atomic mass is 9.89. The lowest BCUT2D eigenvalue weighted by molar-refractivity contribution is 0.178. The van der Waals surface area contributed by atoms with Gasteiger partial charge in [0, 0.05) is 6.54 Å². The van der Waals surface area contributed by atoms with Gasteiger partial charge < -0.3 is 10.2 Å². The van der Waals surface area contributed by atoms with Gasteiger partial charge in [-0.05, 0) is 44.9 Å². The van der Waals surface area contributed by atoms with Crippen LogP contribution in [0.5, 0.6) is 0 Å². The average Bonchev–Trinajstić information content (AvgIpc) is 2.33. The van der Waals surface area contributed by atoms with Crippen LogP contribution in [0, 0.1) is 11.8 Å². The minimum atomic E-state index is 0. The number of rotatable bonds is 0. The van der Waals surface area contributed by atoms with Gasteiger partial charge in [-0.1, -0.05) is 0 Å². The Morgan fingerprint density at radius 3 is 2.58 bits per heavy atom. The van der Waals surface area contributed by atoms with Crippen LogP contribution in [0.15, 0.2) is 0 Å². The van der Waals surface area contributed by atoms with Crippen LogP contribution in [-0.4, -0.2) is 38.1 Å². The van der Waals surface area contributed by atoms with Gasteiger partial charge in [0.25, 0.3) is 0 Å². The second-order valence-electron chi connectivity index (χ2n) is 3.73. The molecular weight excluding hydrogens is 195 g/mol. The first-order valence-electron chi connectivity index (χ1n) is 4.25. The Labute approximate surface area is 86.9 Å². The number of fused-ring (bicyclic) bond motifs is 1. The third-order valence-corrected chi connectivity index (χ3v) is 2.91. The Hall–Kier alpha value is 0.500. The molecule has 0 aliphatic carbocycles. The number of hydrogen-bond acceptors (Lipinski definition) is 2. The van der Waals surface area contributed by atoms with E-state index in [1.807, 2.05) is 0 Å². The number of likely N-dealkylation sites (tertiary alicyclic amines) is 1. The predicted molar refractivity (Wildman–Crippen MR) is 56.5 cm³/mol. The first-order valence-corrected chi connectivity index (χ1v) is 4.25. The summed E-state index contributed by atoms with van der Waals surface area (Å²) in [5, 5.41) is 3.46. The maximum atomic E-state index is 3.46. The summed E-state index contributed by atoms with van der Waals surface area (Å²) in [6.07, 6.45) is 1.41. The highest BCUT2D eigenvalue weighted by Gasteiger charge is 2.30. The van der Waals surface area contributed by atoms with E-state index in [1.54, 1.807) is 0 Å². The molecule has 2 saturated heterocycles. The minimum absolute atomic E-state index is 0. The molecule has 74 valence electrons. The number of piperidine rings is 1. The Morgan fingerprint density at radius 2 is 1.83 bits per heavy atom. The molecule has 0 spiro atoms. The van der Waals surface area contributed by atoms with Crippen molar-refractivity contribution in [3.8, 4) is 0 Å². The van der Waals surface area contributed by atoms with Crippen LogP contribution < -0.4 is 5.32 Å². The van der Waals surface area contributed by atoms with E-state index in [0.29, 0.717) is 0 Å². The molecule has 2 nitrogen and oxygen atoms in total. The second kappa shape index (κ2) is 5.28. The van der Waals surface area contributed by atoms with Crippen LogP contribution in [0.4, 0.5) is 0 Å². The summed E-state index contributed by atoms with van der Waals surface area (Å²) in [6.45, 7) is 5.16. The highest BCUT2D eigenvalue weighted by Crippen LogP contribution is 2.25. The van der Waals surface area contributed by atoms with Crippen LogP contribution in [0.1, 0.15) is 6.42 Å². The number of nitrogens with zero attached hydrogens (tertiary/aromatic N) is 1. The van der Waals surface area contributed by atoms with Crippen molar-refractivity contribution in [2.45, 2.75) is 6.42 Å². The van der Waals surface area contributed by atoms with Crippen molar-refractivity contribution in [1.29, 1.82) is 0 Å². The standard InChI is InChI=1S/C8H16N2.2ClH/c1-10-3-2-7-4-9-5-8(7)6-10;;/h7-9H,2-6H2,1H3;2*1H/t7-,8-;;/m1../s1. The van der Waals surface area contributed by atoms with Crippen molar-refractivity contribution in [3.05, 3.63) is 0 Å². The normalized spacial score (nSPS) is 34.8. The quantitative estimate of drug-likeness (QED) is 0.645. The van der Waals surface area contributed by atoms with E-state index in [1.165, 1.54) is 32.6 Å². The van der Waals surface area contributed by atoms with Gasteiger partial charge in [0.2, 0.25) is 0 Å². The molecule has 2 fully saturated rings. The molecule has 2 aliphatic rings. The molecular formula is C8H18Cl2N2. The highest BCUT2D eigenvalue weighted by molar-refractivity contribution is 5.85. The lowest BCUT2D eigenvalue weighted by Crippen LogP contribution is -2.37. The fraction of sp³-hybridized carbons (Fsp3) is 1.00. The van der Waals surface area contributed by atoms with Crippen LogP contribution in [0.2, 0.25) is 0 Å². The lowest BCUT2D eigenvalue weighted by Gasteiger charge is -2.31. The van der Waals surface area contributed by atoms with Crippen molar-refractivity contribution >= 4 is 24.8 Å². The summed E-state index contributed by atoms with van der Waals surface area (Å²) >= 11 is 0. The Morgan fingerprint density at radius 1 is 1.17 bits per heavy atom. The van der Waals surface area contributed by atoms with E-state index in [-0.39, 0.29) is 24.8 Å². The Bertz CT molecular complexity index is 132. The SMILES string of the molecule is CN1CC[C@@H]2CNC[C@@H]2C1.Cl.Cl. The molecule has 2 rings (SSSR count). The van der Waals surface area contributed by atoms with E-state index in [2.05, 4.69) is 17.3 Å². The van der Waals surface area contributed by atoms with Gasteiger partial charge in [0.05, 0.1) is 0 Å². The molecule has 2 atom stereocenters. The molecule has 0 radical (unpaired) electrons. The van der Waals surface area contributed by atoms with Crippen molar-refractivity contribution in [2.24, 2.45) is 11.8 Å². The number of nitrogens with one attached hydrogen (secondary N) is 1. The van der Waals surface area contributed by atoms with Gasteiger partial charge in [-0.25, -0.2) is 0 Å². The molecule has 0 amide bonds. The summed E-state index contributed by atoms with van der Waals surface area (Å²) in [5.41, 5.74) is 0. The highest BCUT2D eigenvalue weighted by atomic mass is 35.5. The molecule has 0 aromatic carbocycles. The van der Waals surface area contributed by atoms with Crippen LogP contribution in [-0.2, 0) is 0 Å². The monoisotopic (exact) mass is 212 g/mol. The molecule has 2 aliphatic heterocycles. The van der Waals surface area contributed by atoms with Crippen molar-refractivity contribution in [2.75, 3.05) is 33.2 Å². The third kappa shape index (κ3) is 2.49. The molecule has 0 aromatic heterocycles. The van der Waals surface area contributed by atoms with Gasteiger partial charge in [0.1, 0.15) is 0 Å². The van der Waals surface area contributed by atoms with E-state index in [4.69, 9.17) is 0 Å². The zero-order chi connectivity index (χ0) is 6.97. The molecule has 2 heterocycles. The van der Waals surface area contributed by atoms with Crippen molar-refractivity contribution in [3.63, 3.8) is 0 Å². The van der Waals surface area contributed by atoms with Gasteiger partial charge in [-0.15, -0.1) is 24.8 Å². The molecule has 12 heavy (non-hydrogen) atoms. The molecule has 1 N–H and O–H groups in total. The number of hydrogen-bond donors (Lipinski definition) is 1. The molecule has 0 bridgehead atoms. The average molecular weight is 213 g/mol. The molecule has 0 saturated carbocycles. The third-order valence-electron chi connectivity index (χ3n) is 2.91. The molecule has 4 heteroatoms. The largest absolute Gasteiger partial charge is 0.316 e. The van der Waals surface area contributed by atoms with Gasteiger partial charge in [-0.3, -0.25) is 0 Å². The summed E-state index contributed by atoms with van der Waals surface area (Å²) in [7, 11) is 2.23. The smallest absolute Gasteiger partial charge is 0.00219 e. The minimum Gasteiger partial charge on any atom is -0.316 e. The van der Waals surface area contributed by atoms with Gasteiger partial charge >= 0.3 is 0 Å². The maximum absolute atomic E-state index is 3.46. The zero-order valence-corrected chi connectivity index (χ0v) is 9.09. The molecule has 0 aromatic rings. The van der Waals surface area contributed by atoms with E-state index in [9.17, 15) is 0 Å². The second-order valence-corrected chi connectivity index (χ2v) is 3.73. The van der Waals surface area contributed by atoms with Crippen molar-refractivity contribution in [1.82, 2.24) is 10.2 Å². The summed E-state index contributed by atoms with van der Waals surface area (Å²) in [4.78, 5) is 2.45. The zero-order valence-electron chi connectivity index (χ0n) is 7.45. The van der Waals surface area contributed by atoms with E-state index in [0.717, 1.165) is 11.8 Å². The summed E-state index contributed by atoms with van der Waals surface area (Å²) < 4.78 is 0. The van der Waals surface area contributed by atoms with Crippen molar-refractivity contribution < 1.29 is 0 Å². The summed E-state index contributed by atoms with van der Waals surface area (Å²) in [6, 6.07) is 0. The van der Waals surface area contributed by atoms with E-state index < -0.39 is 0 Å². The Balaban J connectivity index is 0.000000605. The fourth-order valence-corrected chi connectivity index (χ4v) is 2.22. The van der Waals surface area contributed by atoms with Crippen LogP contribution in [0.3, 0.4) is 0 Å².